The van der Waals surface area contributed by atoms with E-state index in [0.29, 0.717) is 31.2 Å². The number of halogens is 1. The van der Waals surface area contributed by atoms with Crippen molar-refractivity contribution >= 4 is 51.1 Å². The number of benzene rings is 1. The molecule has 0 radical (unpaired) electrons. The molecule has 3 rings (SSSR count). The molecule has 1 saturated carbocycles. The minimum Gasteiger partial charge on any atom is -0.443 e. The summed E-state index contributed by atoms with van der Waals surface area (Å²) in [6, 6.07) is 4.87. The number of carbonyl (C=O) groups excluding carboxylic acids is 3. The Bertz CT molecular complexity index is 1210. The second kappa shape index (κ2) is 11.9. The van der Waals surface area contributed by atoms with Gasteiger partial charge in [-0.05, 0) is 106 Å². The Balaban J connectivity index is 1.88. The monoisotopic (exact) mass is 620 g/mol. The van der Waals surface area contributed by atoms with Crippen LogP contribution in [0, 0.1) is 0 Å². The van der Waals surface area contributed by atoms with Crippen LogP contribution < -0.4 is 4.90 Å². The molecule has 10 nitrogen and oxygen atoms in total. The average Bonchev–Trinajstić information content (AvgIpc) is 2.77. The largest absolute Gasteiger partial charge is 0.443 e. The Morgan fingerprint density at radius 2 is 1.25 bits per heavy atom. The molecule has 11 heteroatoms. The van der Waals surface area contributed by atoms with Crippen molar-refractivity contribution in [2.45, 2.75) is 117 Å². The molecule has 0 N–H and O–H groups in total. The van der Waals surface area contributed by atoms with Gasteiger partial charge in [-0.3, -0.25) is 0 Å². The van der Waals surface area contributed by atoms with Gasteiger partial charge in [0.25, 0.3) is 0 Å². The highest BCUT2D eigenvalue weighted by atomic mass is 79.9. The number of hydrogen-bond donors (Lipinski definition) is 0. The highest BCUT2D eigenvalue weighted by Crippen LogP contribution is 2.32. The highest BCUT2D eigenvalue weighted by molar-refractivity contribution is 9.10. The number of ether oxygens (including phenoxy) is 3. The Labute approximate surface area is 244 Å². The lowest BCUT2D eigenvalue weighted by molar-refractivity contribution is -0.0115. The van der Waals surface area contributed by atoms with Crippen molar-refractivity contribution in [3.8, 4) is 0 Å². The second-order valence-corrected chi connectivity index (χ2v) is 13.9. The molecule has 3 amide bonds. The zero-order chi connectivity index (χ0) is 30.0. The van der Waals surface area contributed by atoms with Gasteiger partial charge < -0.3 is 14.2 Å². The van der Waals surface area contributed by atoms with Crippen LogP contribution in [0.1, 0.15) is 88.0 Å². The highest BCUT2D eigenvalue weighted by Gasteiger charge is 2.41. The van der Waals surface area contributed by atoms with E-state index in [1.165, 1.54) is 4.90 Å². The predicted octanol–water partition coefficient (Wildman–Crippen LogP) is 7.62. The van der Waals surface area contributed by atoms with Gasteiger partial charge in [0.15, 0.2) is 0 Å². The molecule has 40 heavy (non-hydrogen) atoms. The van der Waals surface area contributed by atoms with Crippen LogP contribution >= 0.6 is 15.9 Å². The van der Waals surface area contributed by atoms with E-state index < -0.39 is 41.1 Å². The fourth-order valence-corrected chi connectivity index (χ4v) is 4.76. The maximum Gasteiger partial charge on any atom is 0.420 e. The van der Waals surface area contributed by atoms with Crippen molar-refractivity contribution in [3.63, 3.8) is 0 Å². The van der Waals surface area contributed by atoms with Gasteiger partial charge in [-0.25, -0.2) is 34.2 Å². The zero-order valence-corrected chi connectivity index (χ0v) is 26.5. The van der Waals surface area contributed by atoms with Crippen LogP contribution in [0.3, 0.4) is 0 Å². The fourth-order valence-electron chi connectivity index (χ4n) is 4.39. The van der Waals surface area contributed by atoms with Crippen molar-refractivity contribution in [1.82, 2.24) is 14.9 Å². The van der Waals surface area contributed by atoms with Gasteiger partial charge in [0.1, 0.15) is 16.8 Å². The van der Waals surface area contributed by atoms with Gasteiger partial charge in [-0.15, -0.1) is 0 Å². The van der Waals surface area contributed by atoms with E-state index in [9.17, 15) is 14.4 Å². The molecule has 1 aromatic carbocycles. The molecule has 1 aromatic heterocycles. The minimum atomic E-state index is -0.787. The topological polar surface area (TPSA) is 111 Å². The third kappa shape index (κ3) is 8.78. The molecule has 0 unspecified atom stereocenters. The van der Waals surface area contributed by atoms with Crippen molar-refractivity contribution < 1.29 is 28.6 Å². The summed E-state index contributed by atoms with van der Waals surface area (Å²) >= 11 is 3.46. The van der Waals surface area contributed by atoms with E-state index in [4.69, 9.17) is 14.2 Å². The van der Waals surface area contributed by atoms with Gasteiger partial charge in [0, 0.05) is 28.1 Å². The Morgan fingerprint density at radius 3 is 1.75 bits per heavy atom. The molecular weight excluding hydrogens is 580 g/mol. The van der Waals surface area contributed by atoms with Crippen LogP contribution in [0.4, 0.5) is 20.3 Å². The molecule has 220 valence electrons. The standard InChI is InChI=1S/C29H41BrN4O6/c1-27(2,3)38-24(35)33(23-31-17-18-16-19(30)10-15-22(18)32-23)20-11-13-21(14-12-20)34(25(36)39-28(4,5)6)26(37)40-29(7,8)9/h10,15-17,20-21H,11-14H2,1-9H3. The quantitative estimate of drug-likeness (QED) is 0.322. The van der Waals surface area contributed by atoms with Crippen molar-refractivity contribution in [2.75, 3.05) is 4.90 Å². The van der Waals surface area contributed by atoms with Gasteiger partial charge in [0.05, 0.1) is 5.52 Å². The van der Waals surface area contributed by atoms with E-state index in [-0.39, 0.29) is 12.0 Å². The van der Waals surface area contributed by atoms with Gasteiger partial charge in [0.2, 0.25) is 5.95 Å². The van der Waals surface area contributed by atoms with E-state index >= 15 is 0 Å². The molecule has 0 saturated heterocycles. The maximum absolute atomic E-state index is 13.5. The number of aromatic nitrogens is 2. The number of nitrogens with zero attached hydrogens (tertiary/aromatic N) is 4. The van der Waals surface area contributed by atoms with Crippen LogP contribution in [-0.2, 0) is 14.2 Å². The summed E-state index contributed by atoms with van der Waals surface area (Å²) in [5.41, 5.74) is -1.61. The average molecular weight is 622 g/mol. The predicted molar refractivity (Wildman–Crippen MR) is 156 cm³/mol. The summed E-state index contributed by atoms with van der Waals surface area (Å²) in [5, 5.41) is 0.830. The summed E-state index contributed by atoms with van der Waals surface area (Å²) in [4.78, 5) is 51.5. The molecule has 0 aliphatic heterocycles. The number of anilines is 1. The van der Waals surface area contributed by atoms with E-state index in [0.717, 1.165) is 14.8 Å². The fraction of sp³-hybridized carbons (Fsp3) is 0.621. The molecule has 0 bridgehead atoms. The first-order chi connectivity index (χ1) is 18.3. The zero-order valence-electron chi connectivity index (χ0n) is 24.9. The first-order valence-corrected chi connectivity index (χ1v) is 14.3. The normalized spacial score (nSPS) is 18.1. The van der Waals surface area contributed by atoms with Gasteiger partial charge >= 0.3 is 18.3 Å². The van der Waals surface area contributed by atoms with Crippen molar-refractivity contribution in [1.29, 1.82) is 0 Å². The lowest BCUT2D eigenvalue weighted by atomic mass is 9.89. The Kier molecular flexibility index (Phi) is 9.38. The Hall–Kier alpha value is -2.95. The third-order valence-electron chi connectivity index (χ3n) is 5.91. The SMILES string of the molecule is CC(C)(C)OC(=O)N(C(=O)OC(C)(C)C)C1CCC(N(C(=O)OC(C)(C)C)c2ncc3cc(Br)ccc3n2)CC1. The molecule has 1 aliphatic rings. The molecule has 0 atom stereocenters. The van der Waals surface area contributed by atoms with Crippen LogP contribution in [0.15, 0.2) is 28.9 Å². The molecular formula is C29H41BrN4O6. The molecule has 0 spiro atoms. The van der Waals surface area contributed by atoms with Gasteiger partial charge in [-0.1, -0.05) is 15.9 Å². The molecule has 1 fully saturated rings. The summed E-state index contributed by atoms with van der Waals surface area (Å²) in [5.74, 6) is 0.240. The number of imide groups is 1. The lowest BCUT2D eigenvalue weighted by Crippen LogP contribution is -2.52. The maximum atomic E-state index is 13.5. The van der Waals surface area contributed by atoms with Crippen LogP contribution in [0.25, 0.3) is 10.9 Å². The summed E-state index contributed by atoms with van der Waals surface area (Å²) in [6.07, 6.45) is 1.45. The first kappa shape index (κ1) is 31.6. The molecule has 2 aromatic rings. The molecule has 1 aliphatic carbocycles. The Morgan fingerprint density at radius 1 is 0.775 bits per heavy atom. The number of rotatable bonds is 3. The molecule has 1 heterocycles. The minimum absolute atomic E-state index is 0.240. The summed E-state index contributed by atoms with van der Waals surface area (Å²) < 4.78 is 17.7. The number of amides is 3. The van der Waals surface area contributed by atoms with Crippen molar-refractivity contribution in [3.05, 3.63) is 28.9 Å². The van der Waals surface area contributed by atoms with Crippen LogP contribution in [0.5, 0.6) is 0 Å². The van der Waals surface area contributed by atoms with Crippen LogP contribution in [-0.4, -0.2) is 62.0 Å². The van der Waals surface area contributed by atoms with E-state index in [2.05, 4.69) is 25.9 Å². The first-order valence-electron chi connectivity index (χ1n) is 13.5. The third-order valence-corrected chi connectivity index (χ3v) is 6.40. The number of carbonyl (C=O) groups is 3. The number of hydrogen-bond acceptors (Lipinski definition) is 8. The van der Waals surface area contributed by atoms with Crippen LogP contribution in [0.2, 0.25) is 0 Å². The van der Waals surface area contributed by atoms with Gasteiger partial charge in [-0.2, -0.15) is 0 Å². The summed E-state index contributed by atoms with van der Waals surface area (Å²) in [7, 11) is 0. The smallest absolute Gasteiger partial charge is 0.420 e. The van der Waals surface area contributed by atoms with Crippen molar-refractivity contribution in [2.24, 2.45) is 0 Å². The van der Waals surface area contributed by atoms with E-state index in [1.54, 1.807) is 68.5 Å². The number of fused-ring (bicyclic) bond motifs is 1. The van der Waals surface area contributed by atoms with E-state index in [1.807, 2.05) is 18.2 Å². The summed E-state index contributed by atoms with van der Waals surface area (Å²) in [6.45, 7) is 15.9. The lowest BCUT2D eigenvalue weighted by Gasteiger charge is -2.39. The second-order valence-electron chi connectivity index (χ2n) is 13.0.